The highest BCUT2D eigenvalue weighted by molar-refractivity contribution is 7.89. The maximum atomic E-state index is 12.6. The molecule has 1 aliphatic rings. The topological polar surface area (TPSA) is 108 Å². The Hall–Kier alpha value is -2.75. The fourth-order valence-corrected chi connectivity index (χ4v) is 4.88. The van der Waals surface area contributed by atoms with E-state index >= 15 is 0 Å². The van der Waals surface area contributed by atoms with Crippen molar-refractivity contribution in [1.82, 2.24) is 14.9 Å². The summed E-state index contributed by atoms with van der Waals surface area (Å²) in [6.45, 7) is 6.24. The van der Waals surface area contributed by atoms with Gasteiger partial charge in [0.05, 0.1) is 10.9 Å². The van der Waals surface area contributed by atoms with Gasteiger partial charge in [0.15, 0.2) is 0 Å². The molecule has 2 amide bonds. The van der Waals surface area contributed by atoms with Crippen LogP contribution in [-0.2, 0) is 32.7 Å². The van der Waals surface area contributed by atoms with Crippen LogP contribution in [0.15, 0.2) is 53.4 Å². The van der Waals surface area contributed by atoms with E-state index in [0.29, 0.717) is 12.2 Å². The molecule has 8 nitrogen and oxygen atoms in total. The zero-order valence-electron chi connectivity index (χ0n) is 18.4. The van der Waals surface area contributed by atoms with Crippen LogP contribution in [0.25, 0.3) is 0 Å². The number of rotatable bonds is 9. The maximum absolute atomic E-state index is 12.6. The van der Waals surface area contributed by atoms with E-state index in [-0.39, 0.29) is 10.8 Å². The molecule has 0 radical (unpaired) electrons. The fraction of sp³-hybridized carbons (Fsp3) is 0.391. The van der Waals surface area contributed by atoms with Gasteiger partial charge in [-0.3, -0.25) is 14.5 Å². The lowest BCUT2D eigenvalue weighted by Gasteiger charge is -2.19. The first kappa shape index (κ1) is 23.9. The Labute approximate surface area is 189 Å². The monoisotopic (exact) mass is 458 g/mol. The van der Waals surface area contributed by atoms with Gasteiger partial charge in [0, 0.05) is 25.7 Å². The fourth-order valence-electron chi connectivity index (χ4n) is 3.68. The smallest absolute Gasteiger partial charge is 0.241 e. The second-order valence-corrected chi connectivity index (χ2v) is 9.73. The van der Waals surface area contributed by atoms with E-state index in [2.05, 4.69) is 26.3 Å². The molecule has 1 fully saturated rings. The summed E-state index contributed by atoms with van der Waals surface area (Å²) in [6.07, 6.45) is 2.43. The summed E-state index contributed by atoms with van der Waals surface area (Å²) in [6, 6.07) is 12.8. The molecule has 0 spiro atoms. The summed E-state index contributed by atoms with van der Waals surface area (Å²) in [7, 11) is -3.89. The van der Waals surface area contributed by atoms with E-state index in [0.717, 1.165) is 25.2 Å². The van der Waals surface area contributed by atoms with Crippen LogP contribution in [0.1, 0.15) is 37.8 Å². The van der Waals surface area contributed by atoms with Gasteiger partial charge in [-0.05, 0) is 68.2 Å². The molecule has 0 unspecified atom stereocenters. The molecule has 0 saturated carbocycles. The van der Waals surface area contributed by atoms with E-state index in [1.807, 2.05) is 18.2 Å². The van der Waals surface area contributed by atoms with Crippen LogP contribution in [0.4, 0.5) is 5.69 Å². The molecule has 9 heteroatoms. The predicted octanol–water partition coefficient (Wildman–Crippen LogP) is 2.22. The average molecular weight is 459 g/mol. The Morgan fingerprint density at radius 3 is 2.25 bits per heavy atom. The number of hydrogen-bond acceptors (Lipinski definition) is 5. The molecular formula is C23H30N4O4S. The third-order valence-corrected chi connectivity index (χ3v) is 6.93. The Morgan fingerprint density at radius 2 is 1.62 bits per heavy atom. The lowest BCUT2D eigenvalue weighted by molar-refractivity contribution is -0.122. The molecular weight excluding hydrogens is 428 g/mol. The Kier molecular flexibility index (Phi) is 8.00. The van der Waals surface area contributed by atoms with Gasteiger partial charge in [0.25, 0.3) is 0 Å². The van der Waals surface area contributed by atoms with Crippen LogP contribution in [0, 0.1) is 0 Å². The summed E-state index contributed by atoms with van der Waals surface area (Å²) in [5, 5.41) is 5.42. The second-order valence-electron chi connectivity index (χ2n) is 8.02. The third-order valence-electron chi connectivity index (χ3n) is 5.37. The molecule has 172 valence electrons. The Bertz CT molecular complexity index is 1050. The molecule has 1 saturated heterocycles. The number of hydrogen-bond donors (Lipinski definition) is 3. The molecule has 2 aromatic carbocycles. The van der Waals surface area contributed by atoms with Crippen molar-refractivity contribution >= 4 is 27.5 Å². The van der Waals surface area contributed by atoms with Crippen molar-refractivity contribution in [2.45, 2.75) is 50.7 Å². The van der Waals surface area contributed by atoms with Gasteiger partial charge >= 0.3 is 0 Å². The Morgan fingerprint density at radius 1 is 1.00 bits per heavy atom. The molecule has 0 aromatic heterocycles. The normalized spacial score (nSPS) is 15.3. The van der Waals surface area contributed by atoms with Gasteiger partial charge in [-0.25, -0.2) is 8.42 Å². The number of amides is 2. The zero-order valence-corrected chi connectivity index (χ0v) is 19.2. The number of nitrogens with zero attached hydrogens (tertiary/aromatic N) is 1. The van der Waals surface area contributed by atoms with E-state index in [9.17, 15) is 18.0 Å². The summed E-state index contributed by atoms with van der Waals surface area (Å²) < 4.78 is 27.6. The summed E-state index contributed by atoms with van der Waals surface area (Å²) in [5.74, 6) is -0.648. The molecule has 1 heterocycles. The number of nitrogens with one attached hydrogen (secondary N) is 3. The molecule has 3 N–H and O–H groups in total. The number of carbonyl (C=O) groups is 2. The van der Waals surface area contributed by atoms with Crippen LogP contribution in [-0.4, -0.2) is 44.3 Å². The molecule has 1 atom stereocenters. The SMILES string of the molecule is CC(=O)Nc1ccc(S(=O)(=O)N[C@@H](C)C(=O)NCc2ccccc2CN2CCCC2)cc1. The van der Waals surface area contributed by atoms with Crippen molar-refractivity contribution in [3.8, 4) is 0 Å². The summed E-state index contributed by atoms with van der Waals surface area (Å²) in [4.78, 5) is 26.1. The van der Waals surface area contributed by atoms with Crippen molar-refractivity contribution < 1.29 is 18.0 Å². The zero-order chi connectivity index (χ0) is 23.1. The van der Waals surface area contributed by atoms with Gasteiger partial charge in [0.1, 0.15) is 0 Å². The van der Waals surface area contributed by atoms with Gasteiger partial charge in [0.2, 0.25) is 21.8 Å². The first-order valence-corrected chi connectivity index (χ1v) is 12.2. The van der Waals surface area contributed by atoms with Gasteiger partial charge < -0.3 is 10.6 Å². The minimum absolute atomic E-state index is 0.0159. The summed E-state index contributed by atoms with van der Waals surface area (Å²) in [5.41, 5.74) is 2.69. The largest absolute Gasteiger partial charge is 0.351 e. The lowest BCUT2D eigenvalue weighted by Crippen LogP contribution is -2.44. The van der Waals surface area contributed by atoms with Crippen LogP contribution < -0.4 is 15.4 Å². The van der Waals surface area contributed by atoms with Gasteiger partial charge in [-0.1, -0.05) is 24.3 Å². The first-order chi connectivity index (χ1) is 15.2. The number of likely N-dealkylation sites (tertiary alicyclic amines) is 1. The molecule has 1 aliphatic heterocycles. The van der Waals surface area contributed by atoms with E-state index in [1.54, 1.807) is 0 Å². The van der Waals surface area contributed by atoms with Crippen LogP contribution in [0.5, 0.6) is 0 Å². The first-order valence-electron chi connectivity index (χ1n) is 10.7. The van der Waals surface area contributed by atoms with Gasteiger partial charge in [-0.2, -0.15) is 4.72 Å². The van der Waals surface area contributed by atoms with Crippen LogP contribution in [0.3, 0.4) is 0 Å². The van der Waals surface area contributed by atoms with Crippen molar-refractivity contribution in [3.05, 3.63) is 59.7 Å². The molecule has 2 aromatic rings. The standard InChI is InChI=1S/C23H30N4O4S/c1-17(26-32(30,31)22-11-9-21(10-12-22)25-18(2)28)23(29)24-15-19-7-3-4-8-20(19)16-27-13-5-6-14-27/h3-4,7-12,17,26H,5-6,13-16H2,1-2H3,(H,24,29)(H,25,28)/t17-/m0/s1. The lowest BCUT2D eigenvalue weighted by atomic mass is 10.1. The number of sulfonamides is 1. The highest BCUT2D eigenvalue weighted by atomic mass is 32.2. The van der Waals surface area contributed by atoms with Crippen LogP contribution >= 0.6 is 0 Å². The quantitative estimate of drug-likeness (QED) is 0.534. The highest BCUT2D eigenvalue weighted by Gasteiger charge is 2.22. The minimum atomic E-state index is -3.89. The second kappa shape index (κ2) is 10.7. The number of carbonyl (C=O) groups excluding carboxylic acids is 2. The minimum Gasteiger partial charge on any atom is -0.351 e. The molecule has 0 aliphatic carbocycles. The average Bonchev–Trinajstić information content (AvgIpc) is 3.25. The molecule has 0 bridgehead atoms. The molecule has 32 heavy (non-hydrogen) atoms. The van der Waals surface area contributed by atoms with Crippen molar-refractivity contribution in [3.63, 3.8) is 0 Å². The number of anilines is 1. The third kappa shape index (κ3) is 6.62. The van der Waals surface area contributed by atoms with E-state index in [4.69, 9.17) is 0 Å². The van der Waals surface area contributed by atoms with Crippen molar-refractivity contribution in [2.24, 2.45) is 0 Å². The number of benzene rings is 2. The Balaban J connectivity index is 1.57. The highest BCUT2D eigenvalue weighted by Crippen LogP contribution is 2.17. The summed E-state index contributed by atoms with van der Waals surface area (Å²) >= 11 is 0. The van der Waals surface area contributed by atoms with Crippen molar-refractivity contribution in [2.75, 3.05) is 18.4 Å². The molecule has 3 rings (SSSR count). The van der Waals surface area contributed by atoms with E-state index in [1.165, 1.54) is 56.5 Å². The predicted molar refractivity (Wildman–Crippen MR) is 123 cm³/mol. The van der Waals surface area contributed by atoms with Crippen LogP contribution in [0.2, 0.25) is 0 Å². The maximum Gasteiger partial charge on any atom is 0.241 e. The van der Waals surface area contributed by atoms with E-state index < -0.39 is 22.0 Å². The van der Waals surface area contributed by atoms with Crippen molar-refractivity contribution in [1.29, 1.82) is 0 Å². The van der Waals surface area contributed by atoms with Gasteiger partial charge in [-0.15, -0.1) is 0 Å².